The van der Waals surface area contributed by atoms with Gasteiger partial charge in [0.15, 0.2) is 18.1 Å². The molecule has 1 atom stereocenters. The quantitative estimate of drug-likeness (QED) is 0.900. The van der Waals surface area contributed by atoms with E-state index in [4.69, 9.17) is 9.47 Å². The molecule has 1 aliphatic rings. The highest BCUT2D eigenvalue weighted by molar-refractivity contribution is 5.77. The van der Waals surface area contributed by atoms with Crippen molar-refractivity contribution in [3.05, 3.63) is 23.8 Å². The van der Waals surface area contributed by atoms with Gasteiger partial charge in [-0.05, 0) is 33.3 Å². The Balaban J connectivity index is 1.99. The molecule has 1 aromatic carbocycles. The summed E-state index contributed by atoms with van der Waals surface area (Å²) >= 11 is 0. The lowest BCUT2D eigenvalue weighted by Gasteiger charge is -2.18. The van der Waals surface area contributed by atoms with E-state index in [1.54, 1.807) is 0 Å². The third kappa shape index (κ3) is 3.44. The van der Waals surface area contributed by atoms with Crippen LogP contribution in [-0.2, 0) is 11.2 Å². The Labute approximate surface area is 120 Å². The van der Waals surface area contributed by atoms with Gasteiger partial charge in [-0.3, -0.25) is 4.79 Å². The molecule has 110 valence electrons. The highest BCUT2D eigenvalue weighted by Crippen LogP contribution is 2.41. The molecule has 0 fully saturated rings. The van der Waals surface area contributed by atoms with Crippen LogP contribution in [0.15, 0.2) is 18.2 Å². The number of para-hydroxylation sites is 1. The van der Waals surface area contributed by atoms with Crippen LogP contribution < -0.4 is 14.8 Å². The molecule has 0 saturated heterocycles. The lowest BCUT2D eigenvalue weighted by Crippen LogP contribution is -2.35. The van der Waals surface area contributed by atoms with E-state index in [9.17, 15) is 4.79 Å². The molecule has 1 aromatic rings. The van der Waals surface area contributed by atoms with E-state index in [-0.39, 0.29) is 24.2 Å². The third-order valence-electron chi connectivity index (χ3n) is 3.43. The fourth-order valence-corrected chi connectivity index (χ4v) is 2.26. The molecular formula is C16H23NO3. The second-order valence-corrected chi connectivity index (χ2v) is 5.95. The van der Waals surface area contributed by atoms with Gasteiger partial charge in [0.05, 0.1) is 0 Å². The van der Waals surface area contributed by atoms with Gasteiger partial charge in [0.2, 0.25) is 0 Å². The summed E-state index contributed by atoms with van der Waals surface area (Å²) in [7, 11) is 0. The van der Waals surface area contributed by atoms with Gasteiger partial charge in [-0.2, -0.15) is 0 Å². The number of benzene rings is 1. The SMILES string of the molecule is CC[C@H](C)NC(=O)COc1cccc2c1OC(C)(C)C2. The monoisotopic (exact) mass is 277 g/mol. The molecule has 0 spiro atoms. The predicted molar refractivity (Wildman–Crippen MR) is 78.2 cm³/mol. The Morgan fingerprint density at radius 2 is 2.25 bits per heavy atom. The van der Waals surface area contributed by atoms with E-state index in [0.717, 1.165) is 24.2 Å². The van der Waals surface area contributed by atoms with E-state index in [0.29, 0.717) is 5.75 Å². The van der Waals surface area contributed by atoms with E-state index in [1.807, 2.05) is 45.9 Å². The van der Waals surface area contributed by atoms with Crippen LogP contribution in [-0.4, -0.2) is 24.2 Å². The molecule has 1 heterocycles. The summed E-state index contributed by atoms with van der Waals surface area (Å²) in [4.78, 5) is 11.7. The van der Waals surface area contributed by atoms with Gasteiger partial charge >= 0.3 is 0 Å². The number of hydrogen-bond acceptors (Lipinski definition) is 3. The average molecular weight is 277 g/mol. The molecule has 0 bridgehead atoms. The van der Waals surface area contributed by atoms with Crippen molar-refractivity contribution >= 4 is 5.91 Å². The van der Waals surface area contributed by atoms with Crippen LogP contribution in [0.4, 0.5) is 0 Å². The second-order valence-electron chi connectivity index (χ2n) is 5.95. The van der Waals surface area contributed by atoms with Crippen molar-refractivity contribution in [1.29, 1.82) is 0 Å². The summed E-state index contributed by atoms with van der Waals surface area (Å²) in [5.41, 5.74) is 0.927. The Morgan fingerprint density at radius 3 is 2.95 bits per heavy atom. The molecule has 4 heteroatoms. The van der Waals surface area contributed by atoms with Crippen molar-refractivity contribution in [3.8, 4) is 11.5 Å². The predicted octanol–water partition coefficient (Wildman–Crippen LogP) is 2.69. The minimum atomic E-state index is -0.208. The average Bonchev–Trinajstić information content (AvgIpc) is 2.70. The summed E-state index contributed by atoms with van der Waals surface area (Å²) in [5, 5.41) is 2.88. The van der Waals surface area contributed by atoms with Gasteiger partial charge < -0.3 is 14.8 Å². The first-order chi connectivity index (χ1) is 9.41. The van der Waals surface area contributed by atoms with Gasteiger partial charge in [-0.1, -0.05) is 19.1 Å². The standard InChI is InChI=1S/C16H23NO3/c1-5-11(2)17-14(18)10-19-13-8-6-7-12-9-16(3,4)20-15(12)13/h6-8,11H,5,9-10H2,1-4H3,(H,17,18)/t11-/m0/s1. The zero-order valence-electron chi connectivity index (χ0n) is 12.7. The van der Waals surface area contributed by atoms with E-state index in [2.05, 4.69) is 5.32 Å². The number of carbonyl (C=O) groups is 1. The van der Waals surface area contributed by atoms with Gasteiger partial charge in [0.25, 0.3) is 5.91 Å². The smallest absolute Gasteiger partial charge is 0.258 e. The maximum Gasteiger partial charge on any atom is 0.258 e. The van der Waals surface area contributed by atoms with E-state index < -0.39 is 0 Å². The molecule has 0 unspecified atom stereocenters. The van der Waals surface area contributed by atoms with Gasteiger partial charge in [-0.15, -0.1) is 0 Å². The second kappa shape index (κ2) is 5.73. The minimum Gasteiger partial charge on any atom is -0.483 e. The number of amides is 1. The van der Waals surface area contributed by atoms with Crippen LogP contribution in [0.5, 0.6) is 11.5 Å². The molecule has 1 aliphatic heterocycles. The number of fused-ring (bicyclic) bond motifs is 1. The van der Waals surface area contributed by atoms with Crippen molar-refractivity contribution in [2.45, 2.75) is 52.2 Å². The zero-order chi connectivity index (χ0) is 14.8. The van der Waals surface area contributed by atoms with Crippen LogP contribution >= 0.6 is 0 Å². The molecule has 4 nitrogen and oxygen atoms in total. The van der Waals surface area contributed by atoms with Crippen LogP contribution in [0, 0.1) is 0 Å². The highest BCUT2D eigenvalue weighted by atomic mass is 16.5. The largest absolute Gasteiger partial charge is 0.483 e. The number of carbonyl (C=O) groups excluding carboxylic acids is 1. The van der Waals surface area contributed by atoms with Crippen molar-refractivity contribution in [2.75, 3.05) is 6.61 Å². The van der Waals surface area contributed by atoms with E-state index in [1.165, 1.54) is 0 Å². The van der Waals surface area contributed by atoms with Crippen LogP contribution in [0.1, 0.15) is 39.7 Å². The summed E-state index contributed by atoms with van der Waals surface area (Å²) in [5.74, 6) is 1.32. The first-order valence-electron chi connectivity index (χ1n) is 7.14. The van der Waals surface area contributed by atoms with Crippen LogP contribution in [0.25, 0.3) is 0 Å². The van der Waals surface area contributed by atoms with Crippen molar-refractivity contribution in [2.24, 2.45) is 0 Å². The van der Waals surface area contributed by atoms with Crippen LogP contribution in [0.3, 0.4) is 0 Å². The highest BCUT2D eigenvalue weighted by Gasteiger charge is 2.32. The number of rotatable bonds is 5. The summed E-state index contributed by atoms with van der Waals surface area (Å²) in [6.45, 7) is 8.12. The van der Waals surface area contributed by atoms with Gasteiger partial charge in [0, 0.05) is 18.0 Å². The molecule has 2 rings (SSSR count). The summed E-state index contributed by atoms with van der Waals surface area (Å²) in [6, 6.07) is 5.99. The Morgan fingerprint density at radius 1 is 1.50 bits per heavy atom. The first kappa shape index (κ1) is 14.7. The summed E-state index contributed by atoms with van der Waals surface area (Å²) < 4.78 is 11.5. The lowest BCUT2D eigenvalue weighted by molar-refractivity contribution is -0.123. The molecule has 0 aliphatic carbocycles. The fraction of sp³-hybridized carbons (Fsp3) is 0.562. The molecule has 0 radical (unpaired) electrons. The Kier molecular flexibility index (Phi) is 4.21. The van der Waals surface area contributed by atoms with Crippen LogP contribution in [0.2, 0.25) is 0 Å². The Hall–Kier alpha value is -1.71. The first-order valence-corrected chi connectivity index (χ1v) is 7.14. The normalized spacial score (nSPS) is 17.0. The topological polar surface area (TPSA) is 47.6 Å². The van der Waals surface area contributed by atoms with Gasteiger partial charge in [-0.25, -0.2) is 0 Å². The van der Waals surface area contributed by atoms with Crippen molar-refractivity contribution < 1.29 is 14.3 Å². The van der Waals surface area contributed by atoms with Gasteiger partial charge in [0.1, 0.15) is 5.60 Å². The van der Waals surface area contributed by atoms with Crippen molar-refractivity contribution in [1.82, 2.24) is 5.32 Å². The molecule has 0 saturated carbocycles. The van der Waals surface area contributed by atoms with E-state index >= 15 is 0 Å². The maximum absolute atomic E-state index is 11.7. The lowest BCUT2D eigenvalue weighted by atomic mass is 10.0. The number of ether oxygens (including phenoxy) is 2. The Bertz CT molecular complexity index is 496. The number of nitrogens with one attached hydrogen (secondary N) is 1. The fourth-order valence-electron chi connectivity index (χ4n) is 2.26. The van der Waals surface area contributed by atoms with Crippen molar-refractivity contribution in [3.63, 3.8) is 0 Å². The molecule has 0 aromatic heterocycles. The molecule has 1 N–H and O–H groups in total. The minimum absolute atomic E-state index is 0.0184. The molecule has 1 amide bonds. The molecular weight excluding hydrogens is 254 g/mol. The number of hydrogen-bond donors (Lipinski definition) is 1. The molecule has 20 heavy (non-hydrogen) atoms. The zero-order valence-corrected chi connectivity index (χ0v) is 12.7. The summed E-state index contributed by atoms with van der Waals surface area (Å²) in [6.07, 6.45) is 1.77. The maximum atomic E-state index is 11.7. The third-order valence-corrected chi connectivity index (χ3v) is 3.43.